The molecule has 3 aromatic rings. The van der Waals surface area contributed by atoms with Crippen molar-refractivity contribution in [2.45, 2.75) is 9.79 Å². The molecular formula is C20H17NO4S. The molecule has 0 aliphatic carbocycles. The van der Waals surface area contributed by atoms with Gasteiger partial charge in [0.05, 0.1) is 16.9 Å². The summed E-state index contributed by atoms with van der Waals surface area (Å²) < 4.78 is 30.5. The van der Waals surface area contributed by atoms with Crippen molar-refractivity contribution in [3.05, 3.63) is 84.4 Å². The van der Waals surface area contributed by atoms with Crippen molar-refractivity contribution in [1.29, 1.82) is 0 Å². The molecule has 0 heterocycles. The van der Waals surface area contributed by atoms with E-state index in [1.807, 2.05) is 0 Å². The summed E-state index contributed by atoms with van der Waals surface area (Å²) in [6, 6.07) is 21.0. The topological polar surface area (TPSA) is 72.5 Å². The molecule has 0 atom stereocenters. The van der Waals surface area contributed by atoms with Crippen LogP contribution in [0.1, 0.15) is 10.4 Å². The molecule has 0 fully saturated rings. The van der Waals surface area contributed by atoms with Crippen molar-refractivity contribution >= 4 is 21.4 Å². The Bertz CT molecular complexity index is 1010. The van der Waals surface area contributed by atoms with Crippen LogP contribution in [0, 0.1) is 0 Å². The van der Waals surface area contributed by atoms with E-state index in [1.165, 1.54) is 24.3 Å². The number of nitrogens with one attached hydrogen (secondary N) is 1. The van der Waals surface area contributed by atoms with Crippen LogP contribution >= 0.6 is 0 Å². The van der Waals surface area contributed by atoms with Gasteiger partial charge in [-0.05, 0) is 54.6 Å². The van der Waals surface area contributed by atoms with E-state index in [1.54, 1.807) is 61.7 Å². The first-order chi connectivity index (χ1) is 12.5. The molecule has 0 aliphatic heterocycles. The normalized spacial score (nSPS) is 11.0. The molecule has 3 rings (SSSR count). The molecule has 0 saturated heterocycles. The van der Waals surface area contributed by atoms with E-state index in [-0.39, 0.29) is 21.3 Å². The average Bonchev–Trinajstić information content (AvgIpc) is 2.69. The summed E-state index contributed by atoms with van der Waals surface area (Å²) in [6.07, 6.45) is 0. The highest BCUT2D eigenvalue weighted by atomic mass is 32.2. The van der Waals surface area contributed by atoms with E-state index in [9.17, 15) is 13.2 Å². The lowest BCUT2D eigenvalue weighted by molar-refractivity contribution is 0.102. The van der Waals surface area contributed by atoms with Gasteiger partial charge in [0.1, 0.15) is 5.75 Å². The fourth-order valence-electron chi connectivity index (χ4n) is 2.42. The molecule has 1 amide bonds. The Morgan fingerprint density at radius 2 is 1.50 bits per heavy atom. The predicted molar refractivity (Wildman–Crippen MR) is 99.3 cm³/mol. The van der Waals surface area contributed by atoms with Gasteiger partial charge in [0, 0.05) is 11.3 Å². The summed E-state index contributed by atoms with van der Waals surface area (Å²) in [6.45, 7) is 0. The zero-order valence-electron chi connectivity index (χ0n) is 14.0. The molecule has 0 spiro atoms. The highest BCUT2D eigenvalue weighted by Gasteiger charge is 2.18. The van der Waals surface area contributed by atoms with Crippen LogP contribution < -0.4 is 10.1 Å². The average molecular weight is 367 g/mol. The van der Waals surface area contributed by atoms with Crippen LogP contribution in [0.15, 0.2) is 88.7 Å². The standard InChI is InChI=1S/C20H17NO4S/c1-25-17-12-10-16(11-13-17)21-20(22)15-6-5-9-19(14-15)26(23,24)18-7-3-2-4-8-18/h2-14H,1H3,(H,21,22). The summed E-state index contributed by atoms with van der Waals surface area (Å²) in [5, 5.41) is 2.74. The van der Waals surface area contributed by atoms with Crippen molar-refractivity contribution in [2.24, 2.45) is 0 Å². The fourth-order valence-corrected chi connectivity index (χ4v) is 3.75. The molecule has 0 unspecified atom stereocenters. The number of carbonyl (C=O) groups excluding carboxylic acids is 1. The van der Waals surface area contributed by atoms with Crippen LogP contribution in [-0.2, 0) is 9.84 Å². The number of anilines is 1. The molecule has 6 heteroatoms. The van der Waals surface area contributed by atoms with E-state index >= 15 is 0 Å². The zero-order valence-corrected chi connectivity index (χ0v) is 14.9. The summed E-state index contributed by atoms with van der Waals surface area (Å²) in [7, 11) is -2.11. The van der Waals surface area contributed by atoms with Gasteiger partial charge in [-0.2, -0.15) is 0 Å². The van der Waals surface area contributed by atoms with E-state index in [4.69, 9.17) is 4.74 Å². The number of carbonyl (C=O) groups is 1. The number of hydrogen-bond donors (Lipinski definition) is 1. The summed E-state index contributed by atoms with van der Waals surface area (Å²) in [5.41, 5.74) is 0.852. The SMILES string of the molecule is COc1ccc(NC(=O)c2cccc(S(=O)(=O)c3ccccc3)c2)cc1. The van der Waals surface area contributed by atoms with Gasteiger partial charge < -0.3 is 10.1 Å². The monoisotopic (exact) mass is 367 g/mol. The fraction of sp³-hybridized carbons (Fsp3) is 0.0500. The maximum Gasteiger partial charge on any atom is 0.255 e. The highest BCUT2D eigenvalue weighted by Crippen LogP contribution is 2.22. The third-order valence-electron chi connectivity index (χ3n) is 3.81. The number of sulfone groups is 1. The first-order valence-electron chi connectivity index (χ1n) is 7.86. The Hall–Kier alpha value is -3.12. The second-order valence-corrected chi connectivity index (χ2v) is 7.48. The van der Waals surface area contributed by atoms with E-state index < -0.39 is 9.84 Å². The van der Waals surface area contributed by atoms with Gasteiger partial charge in [0.2, 0.25) is 9.84 Å². The van der Waals surface area contributed by atoms with Crippen LogP contribution in [0.5, 0.6) is 5.75 Å². The van der Waals surface area contributed by atoms with Crippen molar-refractivity contribution in [3.8, 4) is 5.75 Å². The van der Waals surface area contributed by atoms with Crippen LogP contribution in [0.3, 0.4) is 0 Å². The van der Waals surface area contributed by atoms with Crippen molar-refractivity contribution in [2.75, 3.05) is 12.4 Å². The second-order valence-electron chi connectivity index (χ2n) is 5.53. The first kappa shape index (κ1) is 17.7. The Kier molecular flexibility index (Phi) is 5.04. The highest BCUT2D eigenvalue weighted by molar-refractivity contribution is 7.91. The van der Waals surface area contributed by atoms with Gasteiger partial charge in [-0.1, -0.05) is 24.3 Å². The van der Waals surface area contributed by atoms with Crippen molar-refractivity contribution in [1.82, 2.24) is 0 Å². The maximum atomic E-state index is 12.7. The number of hydrogen-bond acceptors (Lipinski definition) is 4. The lowest BCUT2D eigenvalue weighted by Crippen LogP contribution is -2.13. The Morgan fingerprint density at radius 1 is 0.846 bits per heavy atom. The molecule has 1 N–H and O–H groups in total. The molecule has 132 valence electrons. The molecular weight excluding hydrogens is 350 g/mol. The smallest absolute Gasteiger partial charge is 0.255 e. The summed E-state index contributed by atoms with van der Waals surface area (Å²) in [5.74, 6) is 0.291. The summed E-state index contributed by atoms with van der Waals surface area (Å²) >= 11 is 0. The number of methoxy groups -OCH3 is 1. The number of amides is 1. The van der Waals surface area contributed by atoms with Gasteiger partial charge in [-0.3, -0.25) is 4.79 Å². The number of ether oxygens (including phenoxy) is 1. The van der Waals surface area contributed by atoms with Gasteiger partial charge in [0.15, 0.2) is 0 Å². The zero-order chi connectivity index (χ0) is 18.6. The van der Waals surface area contributed by atoms with Gasteiger partial charge in [-0.25, -0.2) is 8.42 Å². The van der Waals surface area contributed by atoms with Crippen LogP contribution in [0.2, 0.25) is 0 Å². The molecule has 5 nitrogen and oxygen atoms in total. The van der Waals surface area contributed by atoms with Crippen molar-refractivity contribution in [3.63, 3.8) is 0 Å². The van der Waals surface area contributed by atoms with Crippen LogP contribution in [0.25, 0.3) is 0 Å². The summed E-state index contributed by atoms with van der Waals surface area (Å²) in [4.78, 5) is 12.7. The number of benzene rings is 3. The van der Waals surface area contributed by atoms with Crippen LogP contribution in [-0.4, -0.2) is 21.4 Å². The molecule has 3 aromatic carbocycles. The van der Waals surface area contributed by atoms with E-state index in [0.717, 1.165) is 0 Å². The molecule has 0 bridgehead atoms. The number of rotatable bonds is 5. The quantitative estimate of drug-likeness (QED) is 0.745. The van der Waals surface area contributed by atoms with E-state index in [2.05, 4.69) is 5.32 Å². The van der Waals surface area contributed by atoms with Crippen LogP contribution in [0.4, 0.5) is 5.69 Å². The lowest BCUT2D eigenvalue weighted by Gasteiger charge is -2.09. The predicted octanol–water partition coefficient (Wildman–Crippen LogP) is 3.78. The molecule has 26 heavy (non-hydrogen) atoms. The molecule has 0 aromatic heterocycles. The van der Waals surface area contributed by atoms with E-state index in [0.29, 0.717) is 11.4 Å². The molecule has 0 saturated carbocycles. The Balaban J connectivity index is 1.85. The minimum Gasteiger partial charge on any atom is -0.497 e. The van der Waals surface area contributed by atoms with Gasteiger partial charge in [0.25, 0.3) is 5.91 Å². The largest absolute Gasteiger partial charge is 0.497 e. The Labute approximate surface area is 152 Å². The van der Waals surface area contributed by atoms with Gasteiger partial charge in [-0.15, -0.1) is 0 Å². The molecule has 0 aliphatic rings. The Morgan fingerprint density at radius 3 is 2.15 bits per heavy atom. The lowest BCUT2D eigenvalue weighted by atomic mass is 10.2. The molecule has 0 radical (unpaired) electrons. The third-order valence-corrected chi connectivity index (χ3v) is 5.58. The van der Waals surface area contributed by atoms with Gasteiger partial charge >= 0.3 is 0 Å². The van der Waals surface area contributed by atoms with Crippen molar-refractivity contribution < 1.29 is 17.9 Å². The third kappa shape index (κ3) is 3.75. The second kappa shape index (κ2) is 7.41. The minimum absolute atomic E-state index is 0.0751. The minimum atomic E-state index is -3.67. The first-order valence-corrected chi connectivity index (χ1v) is 9.34. The maximum absolute atomic E-state index is 12.7.